The molecule has 1 atom stereocenters. The average molecular weight is 254 g/mol. The second kappa shape index (κ2) is 8.93. The highest BCUT2D eigenvalue weighted by Crippen LogP contribution is 2.25. The van der Waals surface area contributed by atoms with E-state index < -0.39 is 8.80 Å². The number of hydrogen-bond donors (Lipinski definition) is 0. The molecule has 0 bridgehead atoms. The first-order chi connectivity index (χ1) is 8.31. The maximum atomic E-state index is 2.70. The molecule has 0 saturated carbocycles. The molecule has 1 rings (SSSR count). The van der Waals surface area contributed by atoms with Gasteiger partial charge >= 0.3 is 0 Å². The van der Waals surface area contributed by atoms with Gasteiger partial charge in [-0.25, -0.2) is 0 Å². The van der Waals surface area contributed by atoms with Crippen LogP contribution in [0.1, 0.15) is 46.5 Å². The highest BCUT2D eigenvalue weighted by molar-refractivity contribution is 6.61. The Morgan fingerprint density at radius 2 is 1.71 bits per heavy atom. The van der Waals surface area contributed by atoms with Gasteiger partial charge in [-0.2, -0.15) is 0 Å². The van der Waals surface area contributed by atoms with Crippen LogP contribution in [-0.4, -0.2) is 33.3 Å². The van der Waals surface area contributed by atoms with Gasteiger partial charge in [-0.3, -0.25) is 0 Å². The standard InChI is InChI=1S/C15H31NSi/c1-4-9-15(14-16-10-7-8-11-16)17(12-5-2)13-6-3/h4,9,15,17H,5-8,10-14H2,1-3H3. The van der Waals surface area contributed by atoms with E-state index in [0.717, 1.165) is 5.54 Å². The van der Waals surface area contributed by atoms with Gasteiger partial charge in [-0.1, -0.05) is 50.9 Å². The van der Waals surface area contributed by atoms with E-state index in [4.69, 9.17) is 0 Å². The summed E-state index contributed by atoms with van der Waals surface area (Å²) in [5.74, 6) is 0. The zero-order chi connectivity index (χ0) is 12.5. The maximum absolute atomic E-state index is 2.70. The minimum atomic E-state index is -0.551. The molecule has 1 heterocycles. The van der Waals surface area contributed by atoms with Crippen molar-refractivity contribution < 1.29 is 0 Å². The lowest BCUT2D eigenvalue weighted by Gasteiger charge is -2.27. The van der Waals surface area contributed by atoms with Gasteiger partial charge in [0.2, 0.25) is 0 Å². The molecule has 0 radical (unpaired) electrons. The van der Waals surface area contributed by atoms with E-state index in [2.05, 4.69) is 37.8 Å². The van der Waals surface area contributed by atoms with E-state index >= 15 is 0 Å². The minimum absolute atomic E-state index is 0.551. The Morgan fingerprint density at radius 3 is 2.18 bits per heavy atom. The third-order valence-electron chi connectivity index (χ3n) is 4.03. The first-order valence-corrected chi connectivity index (χ1v) is 9.96. The first kappa shape index (κ1) is 15.0. The Morgan fingerprint density at radius 1 is 1.12 bits per heavy atom. The Kier molecular flexibility index (Phi) is 7.87. The van der Waals surface area contributed by atoms with Crippen LogP contribution in [0.4, 0.5) is 0 Å². The molecule has 0 aromatic rings. The molecule has 0 amide bonds. The molecule has 0 aromatic heterocycles. The molecule has 0 aliphatic carbocycles. The topological polar surface area (TPSA) is 3.24 Å². The number of likely N-dealkylation sites (tertiary alicyclic amines) is 1. The fraction of sp³-hybridized carbons (Fsp3) is 0.867. The van der Waals surface area contributed by atoms with Gasteiger partial charge in [-0.15, -0.1) is 0 Å². The van der Waals surface area contributed by atoms with Crippen molar-refractivity contribution in [3.05, 3.63) is 12.2 Å². The Hall–Kier alpha value is -0.0831. The number of rotatable bonds is 8. The Labute approximate surface area is 110 Å². The molecule has 1 saturated heterocycles. The third kappa shape index (κ3) is 5.39. The van der Waals surface area contributed by atoms with Crippen LogP contribution in [0.25, 0.3) is 0 Å². The molecule has 1 unspecified atom stereocenters. The largest absolute Gasteiger partial charge is 0.303 e. The van der Waals surface area contributed by atoms with Crippen molar-refractivity contribution in [3.63, 3.8) is 0 Å². The zero-order valence-electron chi connectivity index (χ0n) is 12.1. The van der Waals surface area contributed by atoms with Crippen LogP contribution in [-0.2, 0) is 0 Å². The first-order valence-electron chi connectivity index (χ1n) is 7.66. The fourth-order valence-corrected chi connectivity index (χ4v) is 6.95. The summed E-state index contributed by atoms with van der Waals surface area (Å²) in [5, 5.41) is 0. The SMILES string of the molecule is CC=CC(CN1CCCC1)[SiH](CCC)CCC. The van der Waals surface area contributed by atoms with Gasteiger partial charge in [-0.05, 0) is 38.4 Å². The molecule has 17 heavy (non-hydrogen) atoms. The van der Waals surface area contributed by atoms with Gasteiger partial charge in [0, 0.05) is 15.3 Å². The quantitative estimate of drug-likeness (QED) is 0.465. The molecule has 2 heteroatoms. The van der Waals surface area contributed by atoms with E-state index in [1.54, 1.807) is 0 Å². The lowest BCUT2D eigenvalue weighted by atomic mass is 10.3. The highest BCUT2D eigenvalue weighted by atomic mass is 28.3. The van der Waals surface area contributed by atoms with Crippen LogP contribution in [0, 0.1) is 0 Å². The minimum Gasteiger partial charge on any atom is -0.303 e. The summed E-state index contributed by atoms with van der Waals surface area (Å²) in [5.41, 5.74) is 0.929. The smallest absolute Gasteiger partial charge is 0.0457 e. The molecule has 0 aromatic carbocycles. The maximum Gasteiger partial charge on any atom is 0.0457 e. The Bertz CT molecular complexity index is 203. The van der Waals surface area contributed by atoms with Crippen molar-refractivity contribution in [1.82, 2.24) is 4.90 Å². The monoisotopic (exact) mass is 253 g/mol. The van der Waals surface area contributed by atoms with Gasteiger partial charge in [0.25, 0.3) is 0 Å². The summed E-state index contributed by atoms with van der Waals surface area (Å²) in [7, 11) is -0.551. The Balaban J connectivity index is 2.53. The van der Waals surface area contributed by atoms with E-state index in [9.17, 15) is 0 Å². The van der Waals surface area contributed by atoms with Crippen LogP contribution in [0.3, 0.4) is 0 Å². The average Bonchev–Trinajstić information content (AvgIpc) is 2.81. The molecule has 0 N–H and O–H groups in total. The molecule has 0 spiro atoms. The molecule has 1 nitrogen and oxygen atoms in total. The van der Waals surface area contributed by atoms with Crippen molar-refractivity contribution in [3.8, 4) is 0 Å². The predicted molar refractivity (Wildman–Crippen MR) is 81.6 cm³/mol. The molecule has 1 aliphatic rings. The van der Waals surface area contributed by atoms with E-state index in [0.29, 0.717) is 0 Å². The fourth-order valence-electron chi connectivity index (χ4n) is 3.19. The normalized spacial score (nSPS) is 19.5. The van der Waals surface area contributed by atoms with Crippen LogP contribution in [0.15, 0.2) is 12.2 Å². The van der Waals surface area contributed by atoms with Gasteiger partial charge in [0.15, 0.2) is 0 Å². The number of allylic oxidation sites excluding steroid dienone is 1. The summed E-state index contributed by atoms with van der Waals surface area (Å²) in [6.45, 7) is 11.0. The number of nitrogens with zero attached hydrogens (tertiary/aromatic N) is 1. The second-order valence-corrected chi connectivity index (χ2v) is 9.07. The summed E-state index contributed by atoms with van der Waals surface area (Å²) in [6.07, 6.45) is 10.5. The third-order valence-corrected chi connectivity index (χ3v) is 8.31. The highest BCUT2D eigenvalue weighted by Gasteiger charge is 2.23. The van der Waals surface area contributed by atoms with Crippen molar-refractivity contribution in [2.75, 3.05) is 19.6 Å². The number of hydrogen-bond acceptors (Lipinski definition) is 1. The van der Waals surface area contributed by atoms with E-state index in [-0.39, 0.29) is 0 Å². The van der Waals surface area contributed by atoms with Crippen molar-refractivity contribution >= 4 is 8.80 Å². The zero-order valence-corrected chi connectivity index (χ0v) is 13.3. The summed E-state index contributed by atoms with van der Waals surface area (Å²) in [6, 6.07) is 3.08. The molecular weight excluding hydrogens is 222 g/mol. The van der Waals surface area contributed by atoms with Crippen molar-refractivity contribution in [2.24, 2.45) is 0 Å². The molecule has 1 fully saturated rings. The van der Waals surface area contributed by atoms with Gasteiger partial charge in [0.05, 0.1) is 0 Å². The molecular formula is C15H31NSi. The summed E-state index contributed by atoms with van der Waals surface area (Å²) >= 11 is 0. The van der Waals surface area contributed by atoms with Crippen LogP contribution in [0.2, 0.25) is 17.6 Å². The van der Waals surface area contributed by atoms with E-state index in [1.807, 2.05) is 0 Å². The molecule has 100 valence electrons. The van der Waals surface area contributed by atoms with Crippen LogP contribution < -0.4 is 0 Å². The predicted octanol–water partition coefficient (Wildman–Crippen LogP) is 4.08. The molecule has 1 aliphatic heterocycles. The van der Waals surface area contributed by atoms with Crippen LogP contribution >= 0.6 is 0 Å². The lowest BCUT2D eigenvalue weighted by Crippen LogP contribution is -2.31. The second-order valence-electron chi connectivity index (χ2n) is 5.53. The van der Waals surface area contributed by atoms with Gasteiger partial charge < -0.3 is 4.90 Å². The van der Waals surface area contributed by atoms with E-state index in [1.165, 1.54) is 57.4 Å². The summed E-state index contributed by atoms with van der Waals surface area (Å²) in [4.78, 5) is 2.70. The van der Waals surface area contributed by atoms with Crippen molar-refractivity contribution in [2.45, 2.75) is 64.1 Å². The summed E-state index contributed by atoms with van der Waals surface area (Å²) < 4.78 is 0. The van der Waals surface area contributed by atoms with Crippen molar-refractivity contribution in [1.29, 1.82) is 0 Å². The van der Waals surface area contributed by atoms with Gasteiger partial charge in [0.1, 0.15) is 0 Å². The lowest BCUT2D eigenvalue weighted by molar-refractivity contribution is 0.344. The van der Waals surface area contributed by atoms with Crippen LogP contribution in [0.5, 0.6) is 0 Å².